The van der Waals surface area contributed by atoms with Crippen LogP contribution in [-0.4, -0.2) is 48.5 Å². The first kappa shape index (κ1) is 20.3. The summed E-state index contributed by atoms with van der Waals surface area (Å²) in [5.74, 6) is 0. The van der Waals surface area contributed by atoms with Crippen LogP contribution in [0.15, 0.2) is 18.2 Å². The second-order valence-electron chi connectivity index (χ2n) is 5.91. The highest BCUT2D eigenvalue weighted by molar-refractivity contribution is 6.56. The number of hydrogen-bond acceptors (Lipinski definition) is 5. The molecule has 118 valence electrons. The van der Waals surface area contributed by atoms with Crippen LogP contribution in [0.5, 0.6) is 0 Å². The summed E-state index contributed by atoms with van der Waals surface area (Å²) >= 11 is 0. The van der Waals surface area contributed by atoms with Crippen molar-refractivity contribution < 1.29 is 24.6 Å². The molecule has 0 amide bonds. The third kappa shape index (κ3) is 7.75. The lowest BCUT2D eigenvalue weighted by Crippen LogP contribution is -2.44. The maximum absolute atomic E-state index is 9.10. The molecule has 0 aromatic heterocycles. The Labute approximate surface area is 129 Å². The minimum Gasteiger partial charge on any atom is -0.424 e. The lowest BCUT2D eigenvalue weighted by molar-refractivity contribution is -0.107. The van der Waals surface area contributed by atoms with Gasteiger partial charge in [0.05, 0.1) is 11.2 Å². The molecule has 5 nitrogen and oxygen atoms in total. The van der Waals surface area contributed by atoms with Gasteiger partial charge in [-0.3, -0.25) is 0 Å². The van der Waals surface area contributed by atoms with Gasteiger partial charge in [-0.25, -0.2) is 0 Å². The normalized spacial score (nSPS) is 11.7. The molecule has 4 N–H and O–H groups in total. The molecule has 0 fully saturated rings. The summed E-state index contributed by atoms with van der Waals surface area (Å²) in [6.07, 6.45) is 0. The van der Waals surface area contributed by atoms with E-state index in [9.17, 15) is 0 Å². The van der Waals surface area contributed by atoms with E-state index in [0.717, 1.165) is 10.8 Å². The van der Waals surface area contributed by atoms with Crippen LogP contribution < -0.4 is 5.19 Å². The Morgan fingerprint density at radius 1 is 1.00 bits per heavy atom. The molecule has 1 aromatic rings. The Bertz CT molecular complexity index is 426. The molecule has 0 aliphatic rings. The number of rotatable bonds is 4. The molecule has 21 heavy (non-hydrogen) atoms. The molecular formula is C14H25BO5Si. The van der Waals surface area contributed by atoms with Crippen LogP contribution in [0.3, 0.4) is 0 Å². The summed E-state index contributed by atoms with van der Waals surface area (Å²) < 4.78 is 4.70. The molecule has 2 radical (unpaired) electrons. The average Bonchev–Trinajstić information content (AvgIpc) is 2.29. The Balaban J connectivity index is 0.000000433. The monoisotopic (exact) mass is 312 g/mol. The van der Waals surface area contributed by atoms with E-state index < -0.39 is 18.5 Å². The van der Waals surface area contributed by atoms with Gasteiger partial charge in [-0.05, 0) is 57.9 Å². The van der Waals surface area contributed by atoms with E-state index in [4.69, 9.17) is 24.6 Å². The fourth-order valence-corrected chi connectivity index (χ4v) is 1.72. The fraction of sp³-hybridized carbons (Fsp3) is 0.571. The molecule has 0 aliphatic carbocycles. The molecule has 1 aromatic carbocycles. The highest BCUT2D eigenvalue weighted by atomic mass is 28.2. The Morgan fingerprint density at radius 2 is 1.48 bits per heavy atom. The minimum atomic E-state index is -1.68. The molecule has 0 spiro atoms. The second kappa shape index (κ2) is 8.07. The summed E-state index contributed by atoms with van der Waals surface area (Å²) in [6, 6.07) is 5.86. The van der Waals surface area contributed by atoms with Gasteiger partial charge in [-0.2, -0.15) is 0 Å². The van der Waals surface area contributed by atoms with E-state index in [1.165, 1.54) is 5.56 Å². The zero-order chi connectivity index (χ0) is 16.8. The molecular weight excluding hydrogens is 287 g/mol. The first-order valence-corrected chi connectivity index (χ1v) is 7.56. The van der Waals surface area contributed by atoms with Crippen LogP contribution in [0.2, 0.25) is 0 Å². The van der Waals surface area contributed by atoms with Gasteiger partial charge in [0.2, 0.25) is 0 Å². The van der Waals surface area contributed by atoms with Gasteiger partial charge in [0, 0.05) is 0 Å². The van der Waals surface area contributed by atoms with Crippen LogP contribution in [0.25, 0.3) is 0 Å². The molecule has 1 rings (SSSR count). The average molecular weight is 312 g/mol. The maximum Gasteiger partial charge on any atom is 0.623 e. The molecule has 0 bridgehead atoms. The summed E-state index contributed by atoms with van der Waals surface area (Å²) in [5.41, 5.74) is 0.308. The van der Waals surface area contributed by atoms with Gasteiger partial charge in [0.25, 0.3) is 9.76 Å². The number of benzene rings is 1. The van der Waals surface area contributed by atoms with E-state index in [1.54, 1.807) is 27.7 Å². The summed E-state index contributed by atoms with van der Waals surface area (Å²) in [4.78, 5) is 0. The van der Waals surface area contributed by atoms with Gasteiger partial charge in [-0.1, -0.05) is 18.2 Å². The number of hydrogen-bond donors (Lipinski definition) is 4. The van der Waals surface area contributed by atoms with Gasteiger partial charge < -0.3 is 24.6 Å². The molecule has 0 aliphatic heterocycles. The predicted molar refractivity (Wildman–Crippen MR) is 85.2 cm³/mol. The molecule has 0 heterocycles. The van der Waals surface area contributed by atoms with E-state index in [-0.39, 0.29) is 9.76 Å². The molecule has 0 atom stereocenters. The third-order valence-electron chi connectivity index (χ3n) is 3.38. The van der Waals surface area contributed by atoms with Crippen molar-refractivity contribution in [2.24, 2.45) is 0 Å². The van der Waals surface area contributed by atoms with Crippen LogP contribution in [0.4, 0.5) is 0 Å². The Hall–Kier alpha value is -0.698. The highest BCUT2D eigenvalue weighted by Crippen LogP contribution is 2.19. The van der Waals surface area contributed by atoms with E-state index >= 15 is 0 Å². The van der Waals surface area contributed by atoms with Crippen molar-refractivity contribution in [3.05, 3.63) is 29.3 Å². The fourth-order valence-electron chi connectivity index (χ4n) is 0.978. The molecule has 0 unspecified atom stereocenters. The standard InChI is InChI=1S/C8H11BO3Si.C6H14O2/c1-6-4-3-5-8(7(6)2)13-12-9(10)11;1-5(2,7)6(3,4)8/h3-5,10-11H,1-2H3;7-8H,1-4H3. The largest absolute Gasteiger partial charge is 0.623 e. The lowest BCUT2D eigenvalue weighted by atomic mass is 9.90. The zero-order valence-corrected chi connectivity index (χ0v) is 14.5. The zero-order valence-electron chi connectivity index (χ0n) is 13.5. The predicted octanol–water partition coefficient (Wildman–Crippen LogP) is 0.0622. The van der Waals surface area contributed by atoms with Crippen molar-refractivity contribution in [3.63, 3.8) is 0 Å². The van der Waals surface area contributed by atoms with Crippen LogP contribution in [-0.2, 0) is 4.34 Å². The van der Waals surface area contributed by atoms with Crippen molar-refractivity contribution >= 4 is 22.3 Å². The lowest BCUT2D eigenvalue weighted by Gasteiger charge is -2.31. The SMILES string of the molecule is CC(C)(O)C(C)(C)O.Cc1cccc([Si]OB(O)O)c1C. The van der Waals surface area contributed by atoms with Crippen molar-refractivity contribution in [2.75, 3.05) is 0 Å². The Morgan fingerprint density at radius 3 is 1.86 bits per heavy atom. The quantitative estimate of drug-likeness (QED) is 0.591. The van der Waals surface area contributed by atoms with Gasteiger partial charge in [0.1, 0.15) is 0 Å². The first-order valence-electron chi connectivity index (χ1n) is 6.65. The van der Waals surface area contributed by atoms with Crippen molar-refractivity contribution in [1.29, 1.82) is 0 Å². The summed E-state index contributed by atoms with van der Waals surface area (Å²) in [5, 5.41) is 36.2. The number of aryl methyl sites for hydroxylation is 1. The molecule has 0 saturated carbocycles. The molecule has 7 heteroatoms. The maximum atomic E-state index is 9.10. The van der Waals surface area contributed by atoms with E-state index in [0.29, 0.717) is 0 Å². The highest BCUT2D eigenvalue weighted by Gasteiger charge is 2.31. The summed E-state index contributed by atoms with van der Waals surface area (Å²) in [6.45, 7) is 10.3. The summed E-state index contributed by atoms with van der Waals surface area (Å²) in [7, 11) is -1.70. The van der Waals surface area contributed by atoms with E-state index in [2.05, 4.69) is 0 Å². The van der Waals surface area contributed by atoms with Crippen LogP contribution in [0.1, 0.15) is 38.8 Å². The van der Waals surface area contributed by atoms with E-state index in [1.807, 2.05) is 32.0 Å². The topological polar surface area (TPSA) is 90.2 Å². The minimum absolute atomic E-state index is 0.0200. The van der Waals surface area contributed by atoms with Gasteiger partial charge >= 0.3 is 7.32 Å². The second-order valence-corrected chi connectivity index (χ2v) is 6.89. The third-order valence-corrected chi connectivity index (χ3v) is 4.47. The number of aliphatic hydroxyl groups is 2. The Kier molecular flexibility index (Phi) is 7.80. The van der Waals surface area contributed by atoms with Crippen LogP contribution >= 0.6 is 0 Å². The van der Waals surface area contributed by atoms with Crippen LogP contribution in [0, 0.1) is 13.8 Å². The smallest absolute Gasteiger partial charge is 0.424 e. The van der Waals surface area contributed by atoms with Gasteiger partial charge in [0.15, 0.2) is 0 Å². The first-order chi connectivity index (χ1) is 9.36. The van der Waals surface area contributed by atoms with Crippen molar-refractivity contribution in [1.82, 2.24) is 0 Å². The van der Waals surface area contributed by atoms with Crippen molar-refractivity contribution in [2.45, 2.75) is 52.7 Å². The van der Waals surface area contributed by atoms with Crippen molar-refractivity contribution in [3.8, 4) is 0 Å². The molecule has 0 saturated heterocycles. The van der Waals surface area contributed by atoms with Gasteiger partial charge in [-0.15, -0.1) is 0 Å².